The van der Waals surface area contributed by atoms with Crippen LogP contribution in [0.5, 0.6) is 0 Å². The van der Waals surface area contributed by atoms with Gasteiger partial charge < -0.3 is 0 Å². The van der Waals surface area contributed by atoms with Crippen molar-refractivity contribution in [2.45, 2.75) is 26.0 Å². The summed E-state index contributed by atoms with van der Waals surface area (Å²) in [5, 5.41) is 7.44. The van der Waals surface area contributed by atoms with Gasteiger partial charge in [0.2, 0.25) is 10.0 Å². The molecule has 0 aliphatic rings. The van der Waals surface area contributed by atoms with Crippen molar-refractivity contribution in [2.75, 3.05) is 6.54 Å². The lowest BCUT2D eigenvalue weighted by Crippen LogP contribution is -2.27. The highest BCUT2D eigenvalue weighted by Crippen LogP contribution is 2.17. The second-order valence-electron chi connectivity index (χ2n) is 4.91. The van der Waals surface area contributed by atoms with Crippen LogP contribution in [-0.2, 0) is 22.2 Å². The third-order valence-corrected chi connectivity index (χ3v) is 4.98. The molecule has 2 aromatic rings. The number of rotatable bonds is 6. The number of sulfonamides is 1. The average Bonchev–Trinajstić information content (AvgIpc) is 2.73. The van der Waals surface area contributed by atoms with Gasteiger partial charge in [0.15, 0.2) is 0 Å². The van der Waals surface area contributed by atoms with Gasteiger partial charge in [0, 0.05) is 17.3 Å². The Kier molecular flexibility index (Phi) is 5.03. The molecule has 1 heterocycles. The third-order valence-electron chi connectivity index (χ3n) is 3.28. The molecule has 0 bridgehead atoms. The molecule has 2 rings (SSSR count). The van der Waals surface area contributed by atoms with Crippen LogP contribution in [0.25, 0.3) is 0 Å². The molecule has 0 fully saturated rings. The van der Waals surface area contributed by atoms with E-state index < -0.39 is 10.0 Å². The van der Waals surface area contributed by atoms with Crippen LogP contribution in [0.2, 0.25) is 5.02 Å². The lowest BCUT2D eigenvalue weighted by Gasteiger charge is -2.08. The van der Waals surface area contributed by atoms with Gasteiger partial charge in [0.25, 0.3) is 0 Å². The fourth-order valence-corrected chi connectivity index (χ4v) is 3.60. The molecule has 0 aliphatic carbocycles. The van der Waals surface area contributed by atoms with E-state index in [9.17, 15) is 8.42 Å². The Labute approximate surface area is 129 Å². The normalized spacial score (nSPS) is 11.8. The van der Waals surface area contributed by atoms with Crippen molar-refractivity contribution in [1.82, 2.24) is 14.9 Å². The zero-order chi connectivity index (χ0) is 15.5. The van der Waals surface area contributed by atoms with Gasteiger partial charge in [-0.1, -0.05) is 29.8 Å². The Morgan fingerprint density at radius 2 is 2.00 bits per heavy atom. The summed E-state index contributed by atoms with van der Waals surface area (Å²) in [7, 11) is -3.40. The SMILES string of the molecule is Cc1n[nH]c(C)c1CCNS(=O)(=O)Cc1ccccc1Cl. The quantitative estimate of drug-likeness (QED) is 0.855. The molecule has 0 radical (unpaired) electrons. The second kappa shape index (κ2) is 6.60. The summed E-state index contributed by atoms with van der Waals surface area (Å²) in [4.78, 5) is 0. The molecule has 0 spiro atoms. The molecule has 0 saturated carbocycles. The first kappa shape index (κ1) is 16.0. The van der Waals surface area contributed by atoms with Crippen LogP contribution in [0.1, 0.15) is 22.5 Å². The maximum absolute atomic E-state index is 12.1. The minimum atomic E-state index is -3.40. The summed E-state index contributed by atoms with van der Waals surface area (Å²) in [5.41, 5.74) is 3.52. The molecule has 0 atom stereocenters. The maximum atomic E-state index is 12.1. The summed E-state index contributed by atoms with van der Waals surface area (Å²) >= 11 is 5.98. The van der Waals surface area contributed by atoms with Gasteiger partial charge in [-0.3, -0.25) is 5.10 Å². The van der Waals surface area contributed by atoms with E-state index in [1.54, 1.807) is 24.3 Å². The van der Waals surface area contributed by atoms with Crippen molar-refractivity contribution in [3.05, 3.63) is 51.8 Å². The predicted molar refractivity (Wildman–Crippen MR) is 83.8 cm³/mol. The fourth-order valence-electron chi connectivity index (χ4n) is 2.15. The summed E-state index contributed by atoms with van der Waals surface area (Å²) < 4.78 is 26.7. The van der Waals surface area contributed by atoms with Crippen LogP contribution in [-0.4, -0.2) is 25.2 Å². The van der Waals surface area contributed by atoms with Crippen molar-refractivity contribution in [3.8, 4) is 0 Å². The van der Waals surface area contributed by atoms with Gasteiger partial charge in [-0.05, 0) is 37.5 Å². The lowest BCUT2D eigenvalue weighted by molar-refractivity contribution is 0.580. The Morgan fingerprint density at radius 1 is 1.29 bits per heavy atom. The van der Waals surface area contributed by atoms with Gasteiger partial charge in [-0.2, -0.15) is 5.10 Å². The summed E-state index contributed by atoms with van der Waals surface area (Å²) in [6.07, 6.45) is 0.607. The molecular formula is C14H18ClN3O2S. The molecule has 2 N–H and O–H groups in total. The fraction of sp³-hybridized carbons (Fsp3) is 0.357. The standard InChI is InChI=1S/C14H18ClN3O2S/c1-10-13(11(2)18-17-10)7-8-16-21(19,20)9-12-5-3-4-6-14(12)15/h3-6,16H,7-9H2,1-2H3,(H,17,18). The van der Waals surface area contributed by atoms with Gasteiger partial charge in [-0.15, -0.1) is 0 Å². The minimum Gasteiger partial charge on any atom is -0.282 e. The van der Waals surface area contributed by atoms with Gasteiger partial charge in [-0.25, -0.2) is 13.1 Å². The molecule has 21 heavy (non-hydrogen) atoms. The van der Waals surface area contributed by atoms with Crippen LogP contribution in [0.15, 0.2) is 24.3 Å². The van der Waals surface area contributed by atoms with Crippen LogP contribution < -0.4 is 4.72 Å². The number of aromatic amines is 1. The number of hydrogen-bond acceptors (Lipinski definition) is 3. The number of H-pyrrole nitrogens is 1. The Hall–Kier alpha value is -1.37. The largest absolute Gasteiger partial charge is 0.282 e. The molecule has 0 amide bonds. The number of hydrogen-bond donors (Lipinski definition) is 2. The number of nitrogens with one attached hydrogen (secondary N) is 2. The Balaban J connectivity index is 1.95. The minimum absolute atomic E-state index is 0.115. The van der Waals surface area contributed by atoms with Crippen LogP contribution >= 0.6 is 11.6 Å². The molecule has 0 aliphatic heterocycles. The molecule has 114 valence electrons. The van der Waals surface area contributed by atoms with E-state index in [4.69, 9.17) is 11.6 Å². The maximum Gasteiger partial charge on any atom is 0.215 e. The van der Waals surface area contributed by atoms with E-state index in [0.29, 0.717) is 23.6 Å². The lowest BCUT2D eigenvalue weighted by atomic mass is 10.1. The molecule has 5 nitrogen and oxygen atoms in total. The van der Waals surface area contributed by atoms with Crippen LogP contribution in [0.4, 0.5) is 0 Å². The number of benzene rings is 1. The summed E-state index contributed by atoms with van der Waals surface area (Å²) in [6, 6.07) is 6.95. The van der Waals surface area contributed by atoms with E-state index >= 15 is 0 Å². The number of aromatic nitrogens is 2. The number of aryl methyl sites for hydroxylation is 2. The summed E-state index contributed by atoms with van der Waals surface area (Å²) in [6.45, 7) is 4.17. The molecule has 7 heteroatoms. The first-order valence-corrected chi connectivity index (χ1v) is 8.63. The second-order valence-corrected chi connectivity index (χ2v) is 7.12. The van der Waals surface area contributed by atoms with Gasteiger partial charge in [0.05, 0.1) is 11.4 Å². The smallest absolute Gasteiger partial charge is 0.215 e. The van der Waals surface area contributed by atoms with Crippen LogP contribution in [0, 0.1) is 13.8 Å². The predicted octanol–water partition coefficient (Wildman–Crippen LogP) is 2.34. The van der Waals surface area contributed by atoms with E-state index in [0.717, 1.165) is 17.0 Å². The highest BCUT2D eigenvalue weighted by molar-refractivity contribution is 7.88. The van der Waals surface area contributed by atoms with E-state index in [1.165, 1.54) is 0 Å². The monoisotopic (exact) mass is 327 g/mol. The third kappa shape index (κ3) is 4.30. The first-order valence-electron chi connectivity index (χ1n) is 6.60. The van der Waals surface area contributed by atoms with E-state index in [1.807, 2.05) is 13.8 Å². The van der Waals surface area contributed by atoms with Crippen molar-refractivity contribution in [3.63, 3.8) is 0 Å². The first-order chi connectivity index (χ1) is 9.89. The number of halogens is 1. The average molecular weight is 328 g/mol. The van der Waals surface area contributed by atoms with Crippen LogP contribution in [0.3, 0.4) is 0 Å². The molecule has 1 aromatic heterocycles. The van der Waals surface area contributed by atoms with Gasteiger partial charge >= 0.3 is 0 Å². The Bertz CT molecular complexity index is 706. The van der Waals surface area contributed by atoms with Crippen molar-refractivity contribution >= 4 is 21.6 Å². The topological polar surface area (TPSA) is 74.8 Å². The zero-order valence-electron chi connectivity index (χ0n) is 12.0. The number of nitrogens with zero attached hydrogens (tertiary/aromatic N) is 1. The van der Waals surface area contributed by atoms with Crippen molar-refractivity contribution in [2.24, 2.45) is 0 Å². The molecule has 1 aromatic carbocycles. The van der Waals surface area contributed by atoms with Crippen molar-refractivity contribution < 1.29 is 8.42 Å². The van der Waals surface area contributed by atoms with Gasteiger partial charge in [0.1, 0.15) is 0 Å². The molecule has 0 saturated heterocycles. The van der Waals surface area contributed by atoms with Crippen molar-refractivity contribution in [1.29, 1.82) is 0 Å². The highest BCUT2D eigenvalue weighted by Gasteiger charge is 2.14. The molecule has 0 unspecified atom stereocenters. The Morgan fingerprint density at radius 3 is 2.62 bits per heavy atom. The zero-order valence-corrected chi connectivity index (χ0v) is 13.6. The summed E-state index contributed by atoms with van der Waals surface area (Å²) in [5.74, 6) is -0.115. The van der Waals surface area contributed by atoms with E-state index in [-0.39, 0.29) is 5.75 Å². The van der Waals surface area contributed by atoms with E-state index in [2.05, 4.69) is 14.9 Å². The highest BCUT2D eigenvalue weighted by atomic mass is 35.5. The molecular weight excluding hydrogens is 310 g/mol.